The Balaban J connectivity index is 1.49. The Hall–Kier alpha value is -3.07. The number of esters is 1. The van der Waals surface area contributed by atoms with Crippen molar-refractivity contribution in [2.75, 3.05) is 6.61 Å². The average Bonchev–Trinajstić information content (AvgIpc) is 2.88. The maximum absolute atomic E-state index is 12.6. The van der Waals surface area contributed by atoms with Crippen LogP contribution in [0.2, 0.25) is 0 Å². The molecule has 3 heteroatoms. The van der Waals surface area contributed by atoms with Crippen molar-refractivity contribution in [2.45, 2.75) is 71.6 Å². The zero-order valence-corrected chi connectivity index (χ0v) is 20.7. The van der Waals surface area contributed by atoms with E-state index in [9.17, 15) is 4.79 Å². The molecule has 3 rings (SSSR count). The van der Waals surface area contributed by atoms with E-state index in [1.54, 1.807) is 0 Å². The Bertz CT molecular complexity index is 973. The first-order chi connectivity index (χ1) is 16.7. The molecule has 0 aliphatic rings. The number of rotatable bonds is 14. The molecule has 180 valence electrons. The smallest absolute Gasteiger partial charge is 0.343 e. The molecule has 3 aromatic carbocycles. The molecule has 0 radical (unpaired) electrons. The summed E-state index contributed by atoms with van der Waals surface area (Å²) in [5, 5.41) is 0. The first-order valence-corrected chi connectivity index (χ1v) is 12.8. The summed E-state index contributed by atoms with van der Waals surface area (Å²) in [5.74, 6) is 1.13. The first kappa shape index (κ1) is 25.6. The van der Waals surface area contributed by atoms with E-state index in [1.165, 1.54) is 50.5 Å². The van der Waals surface area contributed by atoms with E-state index >= 15 is 0 Å². The van der Waals surface area contributed by atoms with Crippen molar-refractivity contribution in [3.8, 4) is 22.6 Å². The highest BCUT2D eigenvalue weighted by Crippen LogP contribution is 2.24. The Kier molecular flexibility index (Phi) is 10.7. The largest absolute Gasteiger partial charge is 0.494 e. The van der Waals surface area contributed by atoms with E-state index in [2.05, 4.69) is 26.0 Å². The summed E-state index contributed by atoms with van der Waals surface area (Å²) in [6.07, 6.45) is 10.9. The van der Waals surface area contributed by atoms with Crippen molar-refractivity contribution in [1.29, 1.82) is 0 Å². The van der Waals surface area contributed by atoms with Gasteiger partial charge < -0.3 is 9.47 Å². The topological polar surface area (TPSA) is 35.5 Å². The fourth-order valence-electron chi connectivity index (χ4n) is 3.91. The van der Waals surface area contributed by atoms with Gasteiger partial charge in [-0.05, 0) is 72.4 Å². The quantitative estimate of drug-likeness (QED) is 0.138. The fraction of sp³-hybridized carbons (Fsp3) is 0.387. The molecular weight excluding hydrogens is 420 g/mol. The number of carbonyl (C=O) groups is 1. The molecule has 0 bridgehead atoms. The van der Waals surface area contributed by atoms with Crippen molar-refractivity contribution in [3.05, 3.63) is 83.9 Å². The van der Waals surface area contributed by atoms with Gasteiger partial charge in [-0.3, -0.25) is 0 Å². The van der Waals surface area contributed by atoms with E-state index < -0.39 is 0 Å². The number of ether oxygens (including phenoxy) is 2. The van der Waals surface area contributed by atoms with Crippen molar-refractivity contribution in [2.24, 2.45) is 0 Å². The van der Waals surface area contributed by atoms with Crippen LogP contribution in [-0.4, -0.2) is 12.6 Å². The second kappa shape index (κ2) is 14.2. The summed E-state index contributed by atoms with van der Waals surface area (Å²) in [5.41, 5.74) is 3.97. The zero-order valence-electron chi connectivity index (χ0n) is 20.7. The highest BCUT2D eigenvalue weighted by Gasteiger charge is 2.09. The van der Waals surface area contributed by atoms with Gasteiger partial charge in [0.1, 0.15) is 11.5 Å². The second-order valence-electron chi connectivity index (χ2n) is 8.85. The minimum Gasteiger partial charge on any atom is -0.494 e. The lowest BCUT2D eigenvalue weighted by Crippen LogP contribution is -2.08. The Morgan fingerprint density at radius 3 is 1.82 bits per heavy atom. The third-order valence-electron chi connectivity index (χ3n) is 6.03. The zero-order chi connectivity index (χ0) is 24.0. The Morgan fingerprint density at radius 2 is 1.18 bits per heavy atom. The molecule has 0 unspecified atom stereocenters. The van der Waals surface area contributed by atoms with E-state index in [4.69, 9.17) is 9.47 Å². The molecule has 0 amide bonds. The summed E-state index contributed by atoms with van der Waals surface area (Å²) >= 11 is 0. The molecule has 0 spiro atoms. The monoisotopic (exact) mass is 458 g/mol. The molecular formula is C31H38O3. The second-order valence-corrected chi connectivity index (χ2v) is 8.85. The standard InChI is InChI=1S/C31H38O3/c1-3-5-7-8-9-11-25-12-20-30(21-13-25)34-31(32)28-16-14-26(15-17-28)27-18-22-29(23-19-27)33-24-10-6-4-2/h12-23H,3-11,24H2,1-2H3. The summed E-state index contributed by atoms with van der Waals surface area (Å²) in [4.78, 5) is 12.6. The van der Waals surface area contributed by atoms with Crippen LogP contribution in [0.1, 0.15) is 81.1 Å². The van der Waals surface area contributed by atoms with E-state index in [-0.39, 0.29) is 5.97 Å². The lowest BCUT2D eigenvalue weighted by molar-refractivity contribution is 0.0734. The van der Waals surface area contributed by atoms with Crippen LogP contribution in [0, 0.1) is 0 Å². The summed E-state index contributed by atoms with van der Waals surface area (Å²) in [6.45, 7) is 5.18. The number of unbranched alkanes of at least 4 members (excludes halogenated alkanes) is 6. The normalized spacial score (nSPS) is 10.8. The van der Waals surface area contributed by atoms with E-state index in [0.717, 1.165) is 36.3 Å². The minimum atomic E-state index is -0.338. The number of hydrogen-bond donors (Lipinski definition) is 0. The van der Waals surface area contributed by atoms with E-state index in [0.29, 0.717) is 11.3 Å². The highest BCUT2D eigenvalue weighted by molar-refractivity contribution is 5.91. The summed E-state index contributed by atoms with van der Waals surface area (Å²) < 4.78 is 11.4. The van der Waals surface area contributed by atoms with Gasteiger partial charge in [0.15, 0.2) is 0 Å². The maximum atomic E-state index is 12.6. The van der Waals surface area contributed by atoms with Gasteiger partial charge >= 0.3 is 5.97 Å². The number of benzene rings is 3. The Morgan fingerprint density at radius 1 is 0.618 bits per heavy atom. The predicted octanol–water partition coefficient (Wildman–Crippen LogP) is 8.65. The van der Waals surface area contributed by atoms with Crippen LogP contribution in [-0.2, 0) is 6.42 Å². The van der Waals surface area contributed by atoms with Crippen LogP contribution in [0.5, 0.6) is 11.5 Å². The molecule has 0 aliphatic heterocycles. The number of carbonyl (C=O) groups excluding carboxylic acids is 1. The third-order valence-corrected chi connectivity index (χ3v) is 6.03. The molecule has 0 N–H and O–H groups in total. The minimum absolute atomic E-state index is 0.338. The summed E-state index contributed by atoms with van der Waals surface area (Å²) in [7, 11) is 0. The fourth-order valence-corrected chi connectivity index (χ4v) is 3.91. The number of aryl methyl sites for hydroxylation is 1. The van der Waals surface area contributed by atoms with Gasteiger partial charge in [0.2, 0.25) is 0 Å². The van der Waals surface area contributed by atoms with Crippen molar-refractivity contribution in [3.63, 3.8) is 0 Å². The molecule has 0 saturated heterocycles. The summed E-state index contributed by atoms with van der Waals surface area (Å²) in [6, 6.07) is 23.5. The molecule has 3 aromatic rings. The average molecular weight is 459 g/mol. The molecule has 0 aromatic heterocycles. The lowest BCUT2D eigenvalue weighted by atomic mass is 10.0. The molecule has 0 heterocycles. The Labute approximate surface area is 205 Å². The van der Waals surface area contributed by atoms with Gasteiger partial charge in [0, 0.05) is 0 Å². The van der Waals surface area contributed by atoms with Crippen LogP contribution in [0.15, 0.2) is 72.8 Å². The van der Waals surface area contributed by atoms with Crippen molar-refractivity contribution in [1.82, 2.24) is 0 Å². The van der Waals surface area contributed by atoms with Gasteiger partial charge in [0.05, 0.1) is 12.2 Å². The van der Waals surface area contributed by atoms with Gasteiger partial charge in [0.25, 0.3) is 0 Å². The molecule has 3 nitrogen and oxygen atoms in total. The van der Waals surface area contributed by atoms with Crippen molar-refractivity contribution < 1.29 is 14.3 Å². The van der Waals surface area contributed by atoms with Crippen LogP contribution >= 0.6 is 0 Å². The van der Waals surface area contributed by atoms with Gasteiger partial charge in [-0.15, -0.1) is 0 Å². The third kappa shape index (κ3) is 8.37. The van der Waals surface area contributed by atoms with Crippen LogP contribution in [0.4, 0.5) is 0 Å². The van der Waals surface area contributed by atoms with Gasteiger partial charge in [-0.1, -0.05) is 88.8 Å². The van der Waals surface area contributed by atoms with Crippen molar-refractivity contribution >= 4 is 5.97 Å². The highest BCUT2D eigenvalue weighted by atomic mass is 16.5. The van der Waals surface area contributed by atoms with Crippen LogP contribution in [0.25, 0.3) is 11.1 Å². The lowest BCUT2D eigenvalue weighted by Gasteiger charge is -2.08. The maximum Gasteiger partial charge on any atom is 0.343 e. The van der Waals surface area contributed by atoms with Crippen LogP contribution in [0.3, 0.4) is 0 Å². The molecule has 0 fully saturated rings. The van der Waals surface area contributed by atoms with Gasteiger partial charge in [-0.25, -0.2) is 4.79 Å². The van der Waals surface area contributed by atoms with Gasteiger partial charge in [-0.2, -0.15) is 0 Å². The van der Waals surface area contributed by atoms with E-state index in [1.807, 2.05) is 60.7 Å². The van der Waals surface area contributed by atoms with Crippen LogP contribution < -0.4 is 9.47 Å². The molecule has 34 heavy (non-hydrogen) atoms. The SMILES string of the molecule is CCCCCCCc1ccc(OC(=O)c2ccc(-c3ccc(OCCCCC)cc3)cc2)cc1. The molecule has 0 aliphatic carbocycles. The first-order valence-electron chi connectivity index (χ1n) is 12.8. The number of hydrogen-bond acceptors (Lipinski definition) is 3. The molecule has 0 saturated carbocycles. The molecule has 0 atom stereocenters. The predicted molar refractivity (Wildman–Crippen MR) is 141 cm³/mol.